The number of fused-ring (bicyclic) bond motifs is 2. The van der Waals surface area contributed by atoms with E-state index in [9.17, 15) is 19.2 Å². The Kier molecular flexibility index (Phi) is 26.9. The molecule has 8 heterocycles. The fourth-order valence-electron chi connectivity index (χ4n) is 10.7. The average molecular weight is 1600 g/mol. The molecule has 6 aromatic heterocycles. The lowest BCUT2D eigenvalue weighted by Gasteiger charge is -2.24. The monoisotopic (exact) mass is 1600 g/mol. The molecule has 2 atom stereocenters. The van der Waals surface area contributed by atoms with Gasteiger partial charge in [0.05, 0.1) is 67.3 Å². The van der Waals surface area contributed by atoms with Crippen LogP contribution in [0.25, 0.3) is 22.1 Å². The SMILES string of the molecule is C.CC(C)(C)OC(=O)N1CC[C@@H](N)C1.COc1ccc(Cn2nc(I)c3c(Oc4ccc(OCc5cnnn5COC(=O)C(C)(C)C)cc4)ccnc32)cc1.COc1ccc(Cn2nc(N[C@@H]3CCN(C(=O)OC(C)(C)C)C3)c3c(Oc4ccc(OCc5cnnn5COC(=O)C(C)(C)C)cc4)ccnc32)cc1. The molecule has 2 aliphatic rings. The van der Waals surface area contributed by atoms with E-state index in [1.807, 2.05) is 142 Å². The van der Waals surface area contributed by atoms with Crippen molar-refractivity contribution in [1.82, 2.24) is 69.3 Å². The van der Waals surface area contributed by atoms with Crippen molar-refractivity contribution in [3.63, 3.8) is 0 Å². The van der Waals surface area contributed by atoms with Gasteiger partial charge >= 0.3 is 24.1 Å². The highest BCUT2D eigenvalue weighted by Crippen LogP contribution is 2.38. The molecule has 0 spiro atoms. The van der Waals surface area contributed by atoms with Crippen LogP contribution in [0, 0.1) is 14.5 Å². The van der Waals surface area contributed by atoms with Crippen LogP contribution in [-0.2, 0) is 68.3 Å². The summed E-state index contributed by atoms with van der Waals surface area (Å²) in [4.78, 5) is 61.1. The van der Waals surface area contributed by atoms with E-state index in [-0.39, 0.29) is 70.3 Å². The summed E-state index contributed by atoms with van der Waals surface area (Å²) < 4.78 is 64.1. The molecule has 2 saturated heterocycles. The highest BCUT2D eigenvalue weighted by molar-refractivity contribution is 14.1. The predicted molar refractivity (Wildman–Crippen MR) is 412 cm³/mol. The fourth-order valence-corrected chi connectivity index (χ4v) is 11.5. The molecule has 108 heavy (non-hydrogen) atoms. The number of anilines is 1. The molecule has 30 nitrogen and oxygen atoms in total. The topological polar surface area (TPSA) is 328 Å². The van der Waals surface area contributed by atoms with Gasteiger partial charge < -0.3 is 68.2 Å². The summed E-state index contributed by atoms with van der Waals surface area (Å²) in [5.74, 6) is 5.21. The van der Waals surface area contributed by atoms with Crippen LogP contribution in [0.1, 0.15) is 126 Å². The zero-order valence-corrected chi connectivity index (χ0v) is 64.9. The summed E-state index contributed by atoms with van der Waals surface area (Å²) in [7, 11) is 3.29. The third kappa shape index (κ3) is 22.6. The molecule has 2 aliphatic heterocycles. The predicted octanol–water partition coefficient (Wildman–Crippen LogP) is 13.6. The van der Waals surface area contributed by atoms with Gasteiger partial charge in [-0.2, -0.15) is 10.2 Å². The van der Waals surface area contributed by atoms with Crippen molar-refractivity contribution in [1.29, 1.82) is 0 Å². The van der Waals surface area contributed by atoms with Gasteiger partial charge in [0, 0.05) is 62.8 Å². The van der Waals surface area contributed by atoms with Crippen LogP contribution < -0.4 is 39.5 Å². The number of esters is 2. The number of benzene rings is 4. The number of hydrogen-bond donors (Lipinski definition) is 2. The number of pyridine rings is 2. The molecule has 10 aromatic rings. The van der Waals surface area contributed by atoms with Gasteiger partial charge in [0.15, 0.2) is 30.6 Å². The van der Waals surface area contributed by atoms with Crippen LogP contribution in [0.3, 0.4) is 0 Å². The molecule has 0 radical (unpaired) electrons. The first kappa shape index (κ1) is 81.3. The maximum Gasteiger partial charge on any atom is 0.410 e. The molecule has 576 valence electrons. The first-order chi connectivity index (χ1) is 50.8. The van der Waals surface area contributed by atoms with Gasteiger partial charge in [0.25, 0.3) is 0 Å². The van der Waals surface area contributed by atoms with E-state index in [2.05, 4.69) is 53.5 Å². The molecule has 12 rings (SSSR count). The van der Waals surface area contributed by atoms with Crippen LogP contribution >= 0.6 is 22.6 Å². The second-order valence-corrected chi connectivity index (χ2v) is 30.5. The molecule has 2 amide bonds. The summed E-state index contributed by atoms with van der Waals surface area (Å²) in [6.07, 6.45) is 7.57. The molecule has 2 fully saturated rings. The zero-order valence-electron chi connectivity index (χ0n) is 62.8. The molecule has 3 N–H and O–H groups in total. The molecular weight excluding hydrogens is 1500 g/mol. The number of likely N-dealkylation sites (tertiary alicyclic amines) is 2. The number of nitrogens with one attached hydrogen (secondary N) is 1. The summed E-state index contributed by atoms with van der Waals surface area (Å²) >= 11 is 2.21. The minimum absolute atomic E-state index is 0. The van der Waals surface area contributed by atoms with Gasteiger partial charge in [0.2, 0.25) is 0 Å². The number of nitrogens with zero attached hydrogens (tertiary/aromatic N) is 14. The van der Waals surface area contributed by atoms with Crippen LogP contribution in [0.5, 0.6) is 46.0 Å². The number of ether oxygens (including phenoxy) is 10. The van der Waals surface area contributed by atoms with Gasteiger partial charge in [-0.25, -0.2) is 38.3 Å². The Balaban J connectivity index is 0.000000216. The standard InChI is InChI=1S/C38H46N8O7.C29H29IN6O5.C9H18N2O2.CH4/c1-37(2,3)35(47)51-24-46-27(20-40-43-46)23-50-29-12-14-30(15-13-29)52-31-16-18-39-34-32(31)33(42-45(34)21-25-8-10-28(49-7)11-9-25)41-26-17-19-44(22-26)36(48)53-38(4,5)6;1-29(2,3)28(37)40-18-36-20(15-32-34-36)17-39-22-9-11-23(12-10-22)41-24-13-14-31-27-25(24)26(30)33-35(27)16-19-5-7-21(38-4)8-6-19;1-9(2,3)13-8(12)11-5-4-7(10)6-11;/h8-16,18,20,26H,17,19,21-24H2,1-7H3,(H,41,42);5-15H,16-18H2,1-4H3;7H,4-6,10H2,1-3H3;1H4/t26-;;7-;/m1.1./s1. The molecule has 0 unspecified atom stereocenters. The van der Waals surface area contributed by atoms with E-state index in [1.54, 1.807) is 109 Å². The first-order valence-electron chi connectivity index (χ1n) is 34.9. The molecule has 0 saturated carbocycles. The summed E-state index contributed by atoms with van der Waals surface area (Å²) in [6, 6.07) is 33.9. The van der Waals surface area contributed by atoms with Crippen molar-refractivity contribution >= 4 is 74.6 Å². The number of aromatic nitrogens is 12. The number of methoxy groups -OCH3 is 2. The molecule has 0 aliphatic carbocycles. The lowest BCUT2D eigenvalue weighted by Crippen LogP contribution is -2.36. The van der Waals surface area contributed by atoms with E-state index in [4.69, 9.17) is 68.3 Å². The number of halogens is 1. The lowest BCUT2D eigenvalue weighted by molar-refractivity contribution is -0.158. The normalized spacial score (nSPS) is 14.3. The lowest BCUT2D eigenvalue weighted by atomic mass is 9.97. The number of carbonyl (C=O) groups is 4. The van der Waals surface area contributed by atoms with Gasteiger partial charge in [-0.15, -0.1) is 10.2 Å². The van der Waals surface area contributed by atoms with Crippen molar-refractivity contribution < 1.29 is 66.5 Å². The molecule has 31 heteroatoms. The number of rotatable bonds is 22. The Morgan fingerprint density at radius 2 is 0.926 bits per heavy atom. The minimum Gasteiger partial charge on any atom is -0.497 e. The first-order valence-corrected chi connectivity index (χ1v) is 35.9. The smallest absolute Gasteiger partial charge is 0.410 e. The van der Waals surface area contributed by atoms with Crippen molar-refractivity contribution in [3.05, 3.63) is 160 Å². The molecular formula is C77H97IN16O14. The molecule has 0 bridgehead atoms. The Morgan fingerprint density at radius 3 is 1.35 bits per heavy atom. The van der Waals surface area contributed by atoms with Gasteiger partial charge in [0.1, 0.15) is 79.5 Å². The maximum atomic E-state index is 12.8. The Hall–Kier alpha value is -10.8. The van der Waals surface area contributed by atoms with Gasteiger partial charge in [-0.05, 0) is 202 Å². The number of amides is 2. The Morgan fingerprint density at radius 1 is 0.519 bits per heavy atom. The number of hydrogen-bond acceptors (Lipinski definition) is 24. The summed E-state index contributed by atoms with van der Waals surface area (Å²) in [5.41, 5.74) is 8.27. The van der Waals surface area contributed by atoms with Crippen LogP contribution in [-0.4, -0.2) is 157 Å². The minimum atomic E-state index is -0.625. The van der Waals surface area contributed by atoms with E-state index in [0.29, 0.717) is 95.5 Å². The van der Waals surface area contributed by atoms with E-state index >= 15 is 0 Å². The van der Waals surface area contributed by atoms with Crippen LogP contribution in [0.4, 0.5) is 15.4 Å². The van der Waals surface area contributed by atoms with Crippen molar-refractivity contribution in [2.24, 2.45) is 16.6 Å². The van der Waals surface area contributed by atoms with Gasteiger partial charge in [-0.3, -0.25) is 9.59 Å². The quantitative estimate of drug-likeness (QED) is 0.0362. The second-order valence-electron chi connectivity index (χ2n) is 29.5. The van der Waals surface area contributed by atoms with E-state index in [0.717, 1.165) is 56.7 Å². The summed E-state index contributed by atoms with van der Waals surface area (Å²) in [6.45, 7) is 25.6. The average Bonchev–Trinajstić information content (AvgIpc) is 1.62. The largest absolute Gasteiger partial charge is 0.497 e. The third-order valence-corrected chi connectivity index (χ3v) is 17.1. The highest BCUT2D eigenvalue weighted by atomic mass is 127. The fraction of sp³-hybridized carbons (Fsp3) is 0.429. The number of carbonyl (C=O) groups excluding carboxylic acids is 4. The van der Waals surface area contributed by atoms with Crippen molar-refractivity contribution in [2.45, 2.75) is 166 Å². The van der Waals surface area contributed by atoms with E-state index in [1.165, 1.54) is 9.36 Å². The second kappa shape index (κ2) is 35.7. The zero-order chi connectivity index (χ0) is 76.8. The molecule has 4 aromatic carbocycles. The van der Waals surface area contributed by atoms with Crippen molar-refractivity contribution in [3.8, 4) is 46.0 Å². The van der Waals surface area contributed by atoms with Crippen molar-refractivity contribution in [2.75, 3.05) is 45.7 Å². The third-order valence-electron chi connectivity index (χ3n) is 16.3. The Labute approximate surface area is 641 Å². The van der Waals surface area contributed by atoms with E-state index < -0.39 is 22.0 Å². The summed E-state index contributed by atoms with van der Waals surface area (Å²) in [5, 5.41) is 30.6. The number of nitrogens with two attached hydrogens (primary N) is 1. The van der Waals surface area contributed by atoms with Crippen LogP contribution in [0.15, 0.2) is 134 Å². The maximum absolute atomic E-state index is 12.8. The highest BCUT2D eigenvalue weighted by Gasteiger charge is 2.33. The van der Waals surface area contributed by atoms with Gasteiger partial charge in [-0.1, -0.05) is 42.1 Å². The van der Waals surface area contributed by atoms with Crippen LogP contribution in [0.2, 0.25) is 0 Å². The Bertz CT molecular complexity index is 4630.